The molecule has 1 aromatic rings. The summed E-state index contributed by atoms with van der Waals surface area (Å²) in [5.74, 6) is 1.27. The summed E-state index contributed by atoms with van der Waals surface area (Å²) in [5, 5.41) is 0.763. The van der Waals surface area contributed by atoms with Gasteiger partial charge in [0.05, 0.1) is 12.5 Å². The Morgan fingerprint density at radius 3 is 2.67 bits per heavy atom. The third-order valence-corrected chi connectivity index (χ3v) is 3.61. The van der Waals surface area contributed by atoms with Crippen molar-refractivity contribution in [2.24, 2.45) is 0 Å². The molecule has 0 aliphatic carbocycles. The maximum atomic E-state index is 6.23. The van der Waals surface area contributed by atoms with Crippen molar-refractivity contribution >= 4 is 23.2 Å². The standard InChI is InChI=1S/C11H12Cl2O2/c1-6-8(3-12)11-9(4-14-5-15-11)7(2)10(6)13/h3-5H2,1-2H3. The van der Waals surface area contributed by atoms with Crippen LogP contribution in [-0.4, -0.2) is 6.79 Å². The molecule has 1 aromatic carbocycles. The zero-order chi connectivity index (χ0) is 11.0. The highest BCUT2D eigenvalue weighted by molar-refractivity contribution is 6.32. The van der Waals surface area contributed by atoms with Crippen LogP contribution < -0.4 is 4.74 Å². The Labute approximate surface area is 99.1 Å². The largest absolute Gasteiger partial charge is 0.467 e. The molecule has 0 N–H and O–H groups in total. The maximum absolute atomic E-state index is 6.23. The first-order valence-corrected chi connectivity index (χ1v) is 5.65. The fraction of sp³-hybridized carbons (Fsp3) is 0.455. The maximum Gasteiger partial charge on any atom is 0.189 e. The van der Waals surface area contributed by atoms with Crippen molar-refractivity contribution in [3.05, 3.63) is 27.3 Å². The number of benzene rings is 1. The Morgan fingerprint density at radius 1 is 1.27 bits per heavy atom. The van der Waals surface area contributed by atoms with Crippen LogP contribution in [0.3, 0.4) is 0 Å². The van der Waals surface area contributed by atoms with Crippen molar-refractivity contribution < 1.29 is 9.47 Å². The Balaban J connectivity index is 2.70. The number of hydrogen-bond donors (Lipinski definition) is 0. The minimum absolute atomic E-state index is 0.289. The lowest BCUT2D eigenvalue weighted by molar-refractivity contribution is -0.0172. The molecule has 0 radical (unpaired) electrons. The van der Waals surface area contributed by atoms with Crippen molar-refractivity contribution in [1.29, 1.82) is 0 Å². The molecule has 2 nitrogen and oxygen atoms in total. The average molecular weight is 247 g/mol. The molecule has 0 saturated carbocycles. The van der Waals surface area contributed by atoms with Crippen LogP contribution in [-0.2, 0) is 17.2 Å². The highest BCUT2D eigenvalue weighted by Crippen LogP contribution is 2.39. The molecular weight excluding hydrogens is 235 g/mol. The Kier molecular flexibility index (Phi) is 3.10. The zero-order valence-corrected chi connectivity index (χ0v) is 10.2. The topological polar surface area (TPSA) is 18.5 Å². The van der Waals surface area contributed by atoms with E-state index in [1.807, 2.05) is 13.8 Å². The summed E-state index contributed by atoms with van der Waals surface area (Å²) in [6, 6.07) is 0. The van der Waals surface area contributed by atoms with Gasteiger partial charge < -0.3 is 9.47 Å². The Hall–Kier alpha value is -0.440. The number of halogens is 2. The Bertz CT molecular complexity index is 379. The molecule has 0 atom stereocenters. The van der Waals surface area contributed by atoms with Crippen LogP contribution in [0.5, 0.6) is 5.75 Å². The van der Waals surface area contributed by atoms with Gasteiger partial charge in [-0.25, -0.2) is 0 Å². The van der Waals surface area contributed by atoms with Crippen LogP contribution in [0.25, 0.3) is 0 Å². The van der Waals surface area contributed by atoms with Gasteiger partial charge in [0.15, 0.2) is 6.79 Å². The molecule has 4 heteroatoms. The Morgan fingerprint density at radius 2 is 2.00 bits per heavy atom. The van der Waals surface area contributed by atoms with Crippen molar-refractivity contribution in [3.63, 3.8) is 0 Å². The molecule has 0 fully saturated rings. The van der Waals surface area contributed by atoms with Crippen molar-refractivity contribution in [1.82, 2.24) is 0 Å². The average Bonchev–Trinajstić information content (AvgIpc) is 2.27. The summed E-state index contributed by atoms with van der Waals surface area (Å²) in [7, 11) is 0. The molecule has 0 saturated heterocycles. The van der Waals surface area contributed by atoms with Gasteiger partial charge in [-0.15, -0.1) is 11.6 Å². The lowest BCUT2D eigenvalue weighted by Gasteiger charge is -2.24. The molecule has 2 rings (SSSR count). The van der Waals surface area contributed by atoms with Gasteiger partial charge in [-0.2, -0.15) is 0 Å². The van der Waals surface area contributed by atoms with Gasteiger partial charge in [0.25, 0.3) is 0 Å². The van der Waals surface area contributed by atoms with Crippen molar-refractivity contribution in [3.8, 4) is 5.75 Å². The van der Waals surface area contributed by atoms with Gasteiger partial charge in [-0.1, -0.05) is 11.6 Å². The SMILES string of the molecule is Cc1c(Cl)c(C)c2c(c1CCl)OCOC2. The van der Waals surface area contributed by atoms with E-state index in [0.29, 0.717) is 12.5 Å². The molecule has 0 aromatic heterocycles. The molecule has 15 heavy (non-hydrogen) atoms. The first kappa shape index (κ1) is 11.1. The van der Waals surface area contributed by atoms with Crippen molar-refractivity contribution in [2.45, 2.75) is 26.3 Å². The van der Waals surface area contributed by atoms with Crippen LogP contribution in [0.1, 0.15) is 22.3 Å². The third-order valence-electron chi connectivity index (χ3n) is 2.78. The fourth-order valence-corrected chi connectivity index (χ4v) is 2.37. The quantitative estimate of drug-likeness (QED) is 0.706. The number of alkyl halides is 1. The van der Waals surface area contributed by atoms with Gasteiger partial charge in [0.2, 0.25) is 0 Å². The predicted molar refractivity (Wildman–Crippen MR) is 60.8 cm³/mol. The summed E-state index contributed by atoms with van der Waals surface area (Å²) in [6.07, 6.45) is 0. The number of hydrogen-bond acceptors (Lipinski definition) is 2. The van der Waals surface area contributed by atoms with E-state index in [9.17, 15) is 0 Å². The zero-order valence-electron chi connectivity index (χ0n) is 8.69. The predicted octanol–water partition coefficient (Wildman–Crippen LogP) is 3.56. The molecular formula is C11H12Cl2O2. The smallest absolute Gasteiger partial charge is 0.189 e. The summed E-state index contributed by atoms with van der Waals surface area (Å²) in [6.45, 7) is 4.78. The molecule has 0 spiro atoms. The van der Waals surface area contributed by atoms with Crippen LogP contribution in [0.4, 0.5) is 0 Å². The van der Waals surface area contributed by atoms with E-state index in [1.54, 1.807) is 0 Å². The van der Waals surface area contributed by atoms with Crippen LogP contribution in [0.2, 0.25) is 5.02 Å². The molecule has 0 amide bonds. The van der Waals surface area contributed by atoms with Gasteiger partial charge in [-0.05, 0) is 25.0 Å². The number of rotatable bonds is 1. The molecule has 1 heterocycles. The summed E-state index contributed by atoms with van der Waals surface area (Å²) >= 11 is 12.1. The minimum atomic E-state index is 0.289. The van der Waals surface area contributed by atoms with Gasteiger partial charge in [0.1, 0.15) is 5.75 Å². The van der Waals surface area contributed by atoms with E-state index in [4.69, 9.17) is 32.7 Å². The number of ether oxygens (including phenoxy) is 2. The summed E-state index contributed by atoms with van der Waals surface area (Å²) in [5.41, 5.74) is 4.03. The minimum Gasteiger partial charge on any atom is -0.467 e. The van der Waals surface area contributed by atoms with Gasteiger partial charge in [-0.3, -0.25) is 0 Å². The van der Waals surface area contributed by atoms with Crippen LogP contribution in [0, 0.1) is 13.8 Å². The van der Waals surface area contributed by atoms with Crippen LogP contribution in [0.15, 0.2) is 0 Å². The second-order valence-corrected chi connectivity index (χ2v) is 4.24. The van der Waals surface area contributed by atoms with Crippen molar-refractivity contribution in [2.75, 3.05) is 6.79 Å². The highest BCUT2D eigenvalue weighted by Gasteiger charge is 2.22. The van der Waals surface area contributed by atoms with E-state index in [0.717, 1.165) is 33.0 Å². The molecule has 1 aliphatic rings. The van der Waals surface area contributed by atoms with Gasteiger partial charge in [0, 0.05) is 16.1 Å². The molecule has 0 bridgehead atoms. The molecule has 0 unspecified atom stereocenters. The molecule has 1 aliphatic heterocycles. The number of fused-ring (bicyclic) bond motifs is 1. The normalized spacial score (nSPS) is 14.7. The fourth-order valence-electron chi connectivity index (χ4n) is 1.82. The van der Waals surface area contributed by atoms with E-state index in [2.05, 4.69) is 0 Å². The first-order chi connectivity index (χ1) is 7.16. The summed E-state index contributed by atoms with van der Waals surface area (Å²) < 4.78 is 10.7. The van der Waals surface area contributed by atoms with Crippen LogP contribution >= 0.6 is 23.2 Å². The van der Waals surface area contributed by atoms with E-state index in [-0.39, 0.29) is 6.79 Å². The van der Waals surface area contributed by atoms with Gasteiger partial charge >= 0.3 is 0 Å². The summed E-state index contributed by atoms with van der Waals surface area (Å²) in [4.78, 5) is 0. The van der Waals surface area contributed by atoms with E-state index >= 15 is 0 Å². The third kappa shape index (κ3) is 1.71. The first-order valence-electron chi connectivity index (χ1n) is 4.73. The van der Waals surface area contributed by atoms with E-state index in [1.165, 1.54) is 0 Å². The second-order valence-electron chi connectivity index (χ2n) is 3.59. The lowest BCUT2D eigenvalue weighted by Crippen LogP contribution is -2.15. The lowest BCUT2D eigenvalue weighted by atomic mass is 9.99. The second kappa shape index (κ2) is 4.20. The van der Waals surface area contributed by atoms with E-state index < -0.39 is 0 Å². The monoisotopic (exact) mass is 246 g/mol. The highest BCUT2D eigenvalue weighted by atomic mass is 35.5. The molecule has 82 valence electrons.